The smallest absolute Gasteiger partial charge is 0.221 e. The third-order valence-corrected chi connectivity index (χ3v) is 2.37. The van der Waals surface area contributed by atoms with Crippen LogP contribution in [0.3, 0.4) is 0 Å². The minimum Gasteiger partial charge on any atom is -0.478 e. The second-order valence-corrected chi connectivity index (χ2v) is 3.63. The third kappa shape index (κ3) is 3.34. The van der Waals surface area contributed by atoms with E-state index in [1.807, 2.05) is 13.8 Å². The molecule has 3 N–H and O–H groups in total. The van der Waals surface area contributed by atoms with Crippen LogP contribution < -0.4 is 15.8 Å². The van der Waals surface area contributed by atoms with Gasteiger partial charge in [0.1, 0.15) is 12.1 Å². The lowest BCUT2D eigenvalue weighted by Crippen LogP contribution is -2.28. The van der Waals surface area contributed by atoms with E-state index < -0.39 is 0 Å². The van der Waals surface area contributed by atoms with Gasteiger partial charge in [0.15, 0.2) is 0 Å². The number of hydrogen-bond donors (Lipinski definition) is 2. The molecular weight excluding hydrogens is 204 g/mol. The van der Waals surface area contributed by atoms with Crippen molar-refractivity contribution in [3.63, 3.8) is 0 Å². The van der Waals surface area contributed by atoms with Gasteiger partial charge in [-0.2, -0.15) is 0 Å². The summed E-state index contributed by atoms with van der Waals surface area (Å²) in [6, 6.07) is 0.143. The Hall–Kier alpha value is -1.36. The van der Waals surface area contributed by atoms with Crippen LogP contribution in [-0.4, -0.2) is 29.2 Å². The summed E-state index contributed by atoms with van der Waals surface area (Å²) in [4.78, 5) is 8.24. The average Bonchev–Trinajstić information content (AvgIpc) is 2.30. The summed E-state index contributed by atoms with van der Waals surface area (Å²) in [6.45, 7) is 7.24. The maximum Gasteiger partial charge on any atom is 0.221 e. The molecule has 0 bridgehead atoms. The molecule has 1 aromatic heterocycles. The highest BCUT2D eigenvalue weighted by Crippen LogP contribution is 2.19. The van der Waals surface area contributed by atoms with Gasteiger partial charge in [-0.3, -0.25) is 0 Å². The Bertz CT molecular complexity index is 330. The van der Waals surface area contributed by atoms with Gasteiger partial charge in [0, 0.05) is 12.6 Å². The van der Waals surface area contributed by atoms with Gasteiger partial charge in [-0.1, -0.05) is 6.92 Å². The molecule has 90 valence electrons. The van der Waals surface area contributed by atoms with Crippen LogP contribution in [0.15, 0.2) is 6.33 Å². The molecule has 1 heterocycles. The zero-order valence-electron chi connectivity index (χ0n) is 10.2. The maximum atomic E-state index is 5.83. The fourth-order valence-electron chi connectivity index (χ4n) is 1.27. The number of ether oxygens (including phenoxy) is 1. The second-order valence-electron chi connectivity index (χ2n) is 3.63. The van der Waals surface area contributed by atoms with Crippen molar-refractivity contribution < 1.29 is 4.74 Å². The van der Waals surface area contributed by atoms with E-state index in [2.05, 4.69) is 22.2 Å². The molecular formula is C11H20N4O. The van der Waals surface area contributed by atoms with Crippen LogP contribution in [0.4, 0.5) is 5.82 Å². The van der Waals surface area contributed by atoms with Crippen molar-refractivity contribution in [2.45, 2.75) is 33.2 Å². The number of hydrogen-bond acceptors (Lipinski definition) is 5. The van der Waals surface area contributed by atoms with Gasteiger partial charge in [0.05, 0.1) is 12.2 Å². The largest absolute Gasteiger partial charge is 0.478 e. The minimum atomic E-state index is 0.143. The van der Waals surface area contributed by atoms with E-state index in [1.54, 1.807) is 0 Å². The molecule has 0 aromatic carbocycles. The van der Waals surface area contributed by atoms with Crippen molar-refractivity contribution in [3.05, 3.63) is 11.9 Å². The summed E-state index contributed by atoms with van der Waals surface area (Å²) in [5.41, 5.74) is 6.75. The van der Waals surface area contributed by atoms with Crippen molar-refractivity contribution in [1.82, 2.24) is 9.97 Å². The maximum absolute atomic E-state index is 5.83. The number of aromatic nitrogens is 2. The predicted octanol–water partition coefficient (Wildman–Crippen LogP) is 1.33. The first kappa shape index (κ1) is 12.7. The van der Waals surface area contributed by atoms with E-state index in [1.165, 1.54) is 6.33 Å². The molecule has 0 amide bonds. The van der Waals surface area contributed by atoms with Gasteiger partial charge in [0.25, 0.3) is 0 Å². The average molecular weight is 224 g/mol. The lowest BCUT2D eigenvalue weighted by atomic mass is 10.2. The molecule has 5 heteroatoms. The SMILES string of the molecule is CCOc1ncnc(NCC(N)CC)c1C. The highest BCUT2D eigenvalue weighted by Gasteiger charge is 2.08. The number of nitrogens with one attached hydrogen (secondary N) is 1. The van der Waals surface area contributed by atoms with Gasteiger partial charge >= 0.3 is 0 Å². The predicted molar refractivity (Wildman–Crippen MR) is 64.7 cm³/mol. The van der Waals surface area contributed by atoms with Crippen LogP contribution in [0.25, 0.3) is 0 Å². The minimum absolute atomic E-state index is 0.143. The Morgan fingerprint density at radius 3 is 2.81 bits per heavy atom. The second kappa shape index (κ2) is 6.27. The zero-order valence-corrected chi connectivity index (χ0v) is 10.2. The first-order valence-corrected chi connectivity index (χ1v) is 5.62. The van der Waals surface area contributed by atoms with Gasteiger partial charge in [0.2, 0.25) is 5.88 Å². The number of rotatable bonds is 6. The number of nitrogens with zero attached hydrogens (tertiary/aromatic N) is 2. The van der Waals surface area contributed by atoms with Crippen LogP contribution in [0.2, 0.25) is 0 Å². The fraction of sp³-hybridized carbons (Fsp3) is 0.636. The quantitative estimate of drug-likeness (QED) is 0.762. The van der Waals surface area contributed by atoms with Gasteiger partial charge in [-0.05, 0) is 20.3 Å². The summed E-state index contributed by atoms with van der Waals surface area (Å²) < 4.78 is 5.39. The number of anilines is 1. The Morgan fingerprint density at radius 1 is 1.44 bits per heavy atom. The molecule has 0 aliphatic carbocycles. The lowest BCUT2D eigenvalue weighted by molar-refractivity contribution is 0.324. The van der Waals surface area contributed by atoms with Crippen molar-refractivity contribution in [1.29, 1.82) is 0 Å². The molecule has 1 atom stereocenters. The van der Waals surface area contributed by atoms with E-state index in [4.69, 9.17) is 10.5 Å². The van der Waals surface area contributed by atoms with Gasteiger partial charge in [-0.25, -0.2) is 9.97 Å². The van der Waals surface area contributed by atoms with Gasteiger partial charge < -0.3 is 15.8 Å². The molecule has 1 unspecified atom stereocenters. The summed E-state index contributed by atoms with van der Waals surface area (Å²) >= 11 is 0. The highest BCUT2D eigenvalue weighted by atomic mass is 16.5. The molecule has 0 radical (unpaired) electrons. The molecule has 5 nitrogen and oxygen atoms in total. The van der Waals surface area contributed by atoms with Crippen LogP contribution in [0.5, 0.6) is 5.88 Å². The Labute approximate surface area is 96.4 Å². The first-order valence-electron chi connectivity index (χ1n) is 5.62. The van der Waals surface area contributed by atoms with E-state index in [0.29, 0.717) is 19.0 Å². The summed E-state index contributed by atoms with van der Waals surface area (Å²) in [5, 5.41) is 3.21. The number of nitrogens with two attached hydrogens (primary N) is 1. The van der Waals surface area contributed by atoms with E-state index in [0.717, 1.165) is 17.8 Å². The Kier molecular flexibility index (Phi) is 4.98. The first-order chi connectivity index (χ1) is 7.69. The molecule has 1 rings (SSSR count). The summed E-state index contributed by atoms with van der Waals surface area (Å²) in [6.07, 6.45) is 2.44. The van der Waals surface area contributed by atoms with Crippen molar-refractivity contribution in [2.75, 3.05) is 18.5 Å². The molecule has 0 fully saturated rings. The Morgan fingerprint density at radius 2 is 2.19 bits per heavy atom. The molecule has 1 aromatic rings. The highest BCUT2D eigenvalue weighted by molar-refractivity contribution is 5.47. The van der Waals surface area contributed by atoms with Crippen LogP contribution >= 0.6 is 0 Å². The van der Waals surface area contributed by atoms with E-state index in [-0.39, 0.29) is 6.04 Å². The monoisotopic (exact) mass is 224 g/mol. The lowest BCUT2D eigenvalue weighted by Gasteiger charge is -2.13. The fourth-order valence-corrected chi connectivity index (χ4v) is 1.27. The van der Waals surface area contributed by atoms with Gasteiger partial charge in [-0.15, -0.1) is 0 Å². The molecule has 0 saturated heterocycles. The molecule has 0 aliphatic rings. The standard InChI is InChI=1S/C11H20N4O/c1-4-9(12)6-13-10-8(3)11(16-5-2)15-7-14-10/h7,9H,4-6,12H2,1-3H3,(H,13,14,15). The molecule has 0 aliphatic heterocycles. The topological polar surface area (TPSA) is 73.1 Å². The summed E-state index contributed by atoms with van der Waals surface area (Å²) in [5.74, 6) is 1.42. The van der Waals surface area contributed by atoms with Crippen LogP contribution in [0.1, 0.15) is 25.8 Å². The van der Waals surface area contributed by atoms with Crippen molar-refractivity contribution in [3.8, 4) is 5.88 Å². The molecule has 16 heavy (non-hydrogen) atoms. The van der Waals surface area contributed by atoms with Crippen LogP contribution in [-0.2, 0) is 0 Å². The van der Waals surface area contributed by atoms with Crippen molar-refractivity contribution >= 4 is 5.82 Å². The van der Waals surface area contributed by atoms with Crippen LogP contribution in [0, 0.1) is 6.92 Å². The zero-order chi connectivity index (χ0) is 12.0. The normalized spacial score (nSPS) is 12.2. The molecule has 0 saturated carbocycles. The van der Waals surface area contributed by atoms with E-state index >= 15 is 0 Å². The van der Waals surface area contributed by atoms with E-state index in [9.17, 15) is 0 Å². The third-order valence-electron chi connectivity index (χ3n) is 2.37. The summed E-state index contributed by atoms with van der Waals surface area (Å²) in [7, 11) is 0. The molecule has 0 spiro atoms. The Balaban J connectivity index is 2.69. The van der Waals surface area contributed by atoms with Crippen molar-refractivity contribution in [2.24, 2.45) is 5.73 Å².